The van der Waals surface area contributed by atoms with E-state index in [9.17, 15) is 4.79 Å². The summed E-state index contributed by atoms with van der Waals surface area (Å²) in [6.45, 7) is 2.20. The molecule has 1 heterocycles. The number of amides is 1. The smallest absolute Gasteiger partial charge is 0.238 e. The van der Waals surface area contributed by atoms with Crippen molar-refractivity contribution in [3.63, 3.8) is 0 Å². The van der Waals surface area contributed by atoms with E-state index in [1.54, 1.807) is 4.68 Å². The van der Waals surface area contributed by atoms with Crippen LogP contribution in [0.2, 0.25) is 0 Å². The second-order valence-corrected chi connectivity index (χ2v) is 8.41. The quantitative estimate of drug-likeness (QED) is 0.540. The summed E-state index contributed by atoms with van der Waals surface area (Å²) in [5, 5.41) is 15.5. The van der Waals surface area contributed by atoms with Crippen molar-refractivity contribution >= 4 is 17.7 Å². The number of aromatic nitrogens is 4. The lowest BCUT2D eigenvalue weighted by Gasteiger charge is -2.16. The zero-order valence-electron chi connectivity index (χ0n) is 16.5. The van der Waals surface area contributed by atoms with Crippen LogP contribution in [0.25, 0.3) is 5.69 Å². The minimum atomic E-state index is -0.398. The Balaban J connectivity index is 1.56. The SMILES string of the molecule is CCCCc1ccc(-n2nnnc2SC(C(=O)NC2CC2)c2ccccc2)cc1. The van der Waals surface area contributed by atoms with Gasteiger partial charge in [0.1, 0.15) is 5.25 Å². The third-order valence-corrected chi connectivity index (χ3v) is 6.12. The van der Waals surface area contributed by atoms with Gasteiger partial charge in [0.15, 0.2) is 0 Å². The summed E-state index contributed by atoms with van der Waals surface area (Å²) >= 11 is 1.38. The maximum Gasteiger partial charge on any atom is 0.238 e. The summed E-state index contributed by atoms with van der Waals surface area (Å²) in [4.78, 5) is 12.9. The number of hydrogen-bond donors (Lipinski definition) is 1. The second-order valence-electron chi connectivity index (χ2n) is 7.33. The van der Waals surface area contributed by atoms with E-state index in [2.05, 4.69) is 39.9 Å². The Morgan fingerprint density at radius 1 is 1.17 bits per heavy atom. The first-order chi connectivity index (χ1) is 14.2. The van der Waals surface area contributed by atoms with E-state index < -0.39 is 5.25 Å². The van der Waals surface area contributed by atoms with Crippen molar-refractivity contribution in [1.29, 1.82) is 0 Å². The molecule has 1 aromatic heterocycles. The van der Waals surface area contributed by atoms with Gasteiger partial charge in [-0.15, -0.1) is 5.10 Å². The van der Waals surface area contributed by atoms with Crippen LogP contribution in [0.5, 0.6) is 0 Å². The number of carbonyl (C=O) groups excluding carboxylic acids is 1. The van der Waals surface area contributed by atoms with Crippen molar-refractivity contribution in [2.24, 2.45) is 0 Å². The van der Waals surface area contributed by atoms with Gasteiger partial charge < -0.3 is 5.32 Å². The van der Waals surface area contributed by atoms with Gasteiger partial charge in [-0.1, -0.05) is 67.6 Å². The highest BCUT2D eigenvalue weighted by molar-refractivity contribution is 8.00. The molecule has 1 aliphatic rings. The fourth-order valence-corrected chi connectivity index (χ4v) is 4.11. The molecule has 0 saturated heterocycles. The van der Waals surface area contributed by atoms with Crippen molar-refractivity contribution < 1.29 is 4.79 Å². The molecule has 1 aliphatic carbocycles. The minimum Gasteiger partial charge on any atom is -0.352 e. The van der Waals surface area contributed by atoms with Gasteiger partial charge in [-0.2, -0.15) is 4.68 Å². The Labute approximate surface area is 175 Å². The maximum atomic E-state index is 12.9. The predicted octanol–water partition coefficient (Wildman–Crippen LogP) is 4.12. The van der Waals surface area contributed by atoms with Crippen LogP contribution in [-0.4, -0.2) is 32.2 Å². The molecule has 0 spiro atoms. The molecule has 4 rings (SSSR count). The van der Waals surface area contributed by atoms with E-state index in [1.165, 1.54) is 30.2 Å². The number of nitrogens with one attached hydrogen (secondary N) is 1. The number of hydrogen-bond acceptors (Lipinski definition) is 5. The number of aryl methyl sites for hydroxylation is 1. The van der Waals surface area contributed by atoms with Gasteiger partial charge in [-0.3, -0.25) is 4.79 Å². The first-order valence-corrected chi connectivity index (χ1v) is 11.0. The van der Waals surface area contributed by atoms with Gasteiger partial charge in [0, 0.05) is 6.04 Å². The summed E-state index contributed by atoms with van der Waals surface area (Å²) in [7, 11) is 0. The number of unbranched alkanes of at least 4 members (excludes halogenated alkanes) is 1. The van der Waals surface area contributed by atoms with Crippen LogP contribution in [0, 0.1) is 0 Å². The Bertz CT molecular complexity index is 937. The van der Waals surface area contributed by atoms with E-state index in [0.29, 0.717) is 11.2 Å². The summed E-state index contributed by atoms with van der Waals surface area (Å²) in [6.07, 6.45) is 5.55. The van der Waals surface area contributed by atoms with Crippen LogP contribution in [-0.2, 0) is 11.2 Å². The summed E-state index contributed by atoms with van der Waals surface area (Å²) in [6, 6.07) is 18.4. The Kier molecular flexibility index (Phi) is 6.24. The van der Waals surface area contributed by atoms with Crippen LogP contribution in [0.1, 0.15) is 49.0 Å². The molecule has 29 heavy (non-hydrogen) atoms. The molecule has 1 unspecified atom stereocenters. The van der Waals surface area contributed by atoms with E-state index in [4.69, 9.17) is 0 Å². The average Bonchev–Trinajstić information content (AvgIpc) is 3.45. The Morgan fingerprint density at radius 3 is 2.62 bits per heavy atom. The lowest BCUT2D eigenvalue weighted by molar-refractivity contribution is -0.120. The largest absolute Gasteiger partial charge is 0.352 e. The molecule has 1 amide bonds. The molecule has 1 saturated carbocycles. The standard InChI is InChI=1S/C22H25N5OS/c1-2-3-7-16-10-14-19(15-11-16)27-22(24-25-26-27)29-20(17-8-5-4-6-9-17)21(28)23-18-12-13-18/h4-6,8-11,14-15,18,20H,2-3,7,12-13H2,1H3,(H,23,28). The first-order valence-electron chi connectivity index (χ1n) is 10.1. The maximum absolute atomic E-state index is 12.9. The highest BCUT2D eigenvalue weighted by Crippen LogP contribution is 2.35. The van der Waals surface area contributed by atoms with Crippen molar-refractivity contribution in [1.82, 2.24) is 25.5 Å². The minimum absolute atomic E-state index is 0.00756. The second kappa shape index (κ2) is 9.22. The highest BCUT2D eigenvalue weighted by atomic mass is 32.2. The summed E-state index contributed by atoms with van der Waals surface area (Å²) in [5.74, 6) is 0.00756. The zero-order valence-corrected chi connectivity index (χ0v) is 17.3. The molecule has 7 heteroatoms. The van der Waals surface area contributed by atoms with Crippen molar-refractivity contribution in [2.75, 3.05) is 0 Å². The normalized spacial score (nSPS) is 14.5. The highest BCUT2D eigenvalue weighted by Gasteiger charge is 2.30. The molecule has 0 aliphatic heterocycles. The van der Waals surface area contributed by atoms with Crippen molar-refractivity contribution in [3.8, 4) is 5.69 Å². The van der Waals surface area contributed by atoms with E-state index in [-0.39, 0.29) is 5.91 Å². The molecular formula is C22H25N5OS. The predicted molar refractivity (Wildman–Crippen MR) is 114 cm³/mol. The van der Waals surface area contributed by atoms with Crippen molar-refractivity contribution in [3.05, 3.63) is 65.7 Å². The molecule has 1 N–H and O–H groups in total. The molecule has 150 valence electrons. The molecule has 1 fully saturated rings. The van der Waals surface area contributed by atoms with E-state index >= 15 is 0 Å². The number of nitrogens with zero attached hydrogens (tertiary/aromatic N) is 4. The molecule has 0 bridgehead atoms. The monoisotopic (exact) mass is 407 g/mol. The lowest BCUT2D eigenvalue weighted by Crippen LogP contribution is -2.29. The third kappa shape index (κ3) is 5.03. The third-order valence-electron chi connectivity index (χ3n) is 4.93. The van der Waals surface area contributed by atoms with E-state index in [1.807, 2.05) is 42.5 Å². The van der Waals surface area contributed by atoms with Crippen LogP contribution >= 0.6 is 11.8 Å². The van der Waals surface area contributed by atoms with Gasteiger partial charge in [0.25, 0.3) is 0 Å². The number of tetrazole rings is 1. The molecule has 2 aromatic carbocycles. The van der Waals surface area contributed by atoms with Gasteiger partial charge in [0.2, 0.25) is 11.1 Å². The number of thioether (sulfide) groups is 1. The number of rotatable bonds is 9. The van der Waals surface area contributed by atoms with Crippen LogP contribution in [0.3, 0.4) is 0 Å². The van der Waals surface area contributed by atoms with Crippen molar-refractivity contribution in [2.45, 2.75) is 55.5 Å². The lowest BCUT2D eigenvalue weighted by atomic mass is 10.1. The van der Waals surface area contributed by atoms with Crippen LogP contribution in [0.4, 0.5) is 0 Å². The van der Waals surface area contributed by atoms with Crippen LogP contribution < -0.4 is 5.32 Å². The molecule has 0 radical (unpaired) electrons. The summed E-state index contributed by atoms with van der Waals surface area (Å²) < 4.78 is 1.70. The zero-order chi connectivity index (χ0) is 20.1. The van der Waals surface area contributed by atoms with E-state index in [0.717, 1.165) is 30.5 Å². The summed E-state index contributed by atoms with van der Waals surface area (Å²) in [5.41, 5.74) is 3.15. The Morgan fingerprint density at radius 2 is 1.93 bits per heavy atom. The fraction of sp³-hybridized carbons (Fsp3) is 0.364. The van der Waals surface area contributed by atoms with Gasteiger partial charge in [0.05, 0.1) is 5.69 Å². The van der Waals surface area contributed by atoms with Crippen LogP contribution in [0.15, 0.2) is 59.8 Å². The van der Waals surface area contributed by atoms with Gasteiger partial charge in [-0.25, -0.2) is 0 Å². The fourth-order valence-electron chi connectivity index (χ4n) is 3.11. The van der Waals surface area contributed by atoms with Gasteiger partial charge >= 0.3 is 0 Å². The Hall–Kier alpha value is -2.67. The average molecular weight is 408 g/mol. The molecular weight excluding hydrogens is 382 g/mol. The molecule has 1 atom stereocenters. The topological polar surface area (TPSA) is 72.7 Å². The molecule has 6 nitrogen and oxygen atoms in total. The van der Waals surface area contributed by atoms with Gasteiger partial charge in [-0.05, 0) is 59.4 Å². The number of benzene rings is 2. The first kappa shape index (κ1) is 19.6. The number of carbonyl (C=O) groups is 1. The molecule has 3 aromatic rings.